The minimum atomic E-state index is -5.03. The van der Waals surface area contributed by atoms with Crippen LogP contribution in [0.1, 0.15) is 42.2 Å². The van der Waals surface area contributed by atoms with Crippen LogP contribution in [0.25, 0.3) is 11.0 Å². The number of ketones is 3. The molecule has 0 spiro atoms. The number of ether oxygens (including phenoxy) is 1. The number of hydrogen-bond acceptors (Lipinski definition) is 6. The molecule has 1 fully saturated rings. The zero-order chi connectivity index (χ0) is 22.1. The summed E-state index contributed by atoms with van der Waals surface area (Å²) in [7, 11) is 0. The average Bonchev–Trinajstić information content (AvgIpc) is 2.68. The van der Waals surface area contributed by atoms with E-state index in [4.69, 9.17) is 4.74 Å². The lowest BCUT2D eigenvalue weighted by Crippen LogP contribution is -2.36. The van der Waals surface area contributed by atoms with Crippen LogP contribution in [0.3, 0.4) is 0 Å². The number of rotatable bonds is 6. The van der Waals surface area contributed by atoms with Gasteiger partial charge in [0.05, 0.1) is 18.7 Å². The number of aromatic nitrogens is 2. The van der Waals surface area contributed by atoms with Crippen molar-refractivity contribution in [1.82, 2.24) is 9.55 Å². The fourth-order valence-electron chi connectivity index (χ4n) is 3.49. The summed E-state index contributed by atoms with van der Waals surface area (Å²) in [6, 6.07) is 3.34. The minimum absolute atomic E-state index is 0.0266. The largest absolute Gasteiger partial charge is 0.434 e. The zero-order valence-electron chi connectivity index (χ0n) is 16.1. The average molecular weight is 424 g/mol. The summed E-state index contributed by atoms with van der Waals surface area (Å²) < 4.78 is 47.4. The Morgan fingerprint density at radius 2 is 1.87 bits per heavy atom. The van der Waals surface area contributed by atoms with Gasteiger partial charge in [-0.25, -0.2) is 4.98 Å². The van der Waals surface area contributed by atoms with Crippen LogP contribution in [0.2, 0.25) is 0 Å². The summed E-state index contributed by atoms with van der Waals surface area (Å²) in [6.45, 7) is 2.16. The molecule has 0 N–H and O–H groups in total. The Morgan fingerprint density at radius 1 is 1.20 bits per heavy atom. The number of halogens is 3. The van der Waals surface area contributed by atoms with Crippen molar-refractivity contribution in [3.63, 3.8) is 0 Å². The molecule has 0 bridgehead atoms. The molecule has 0 aliphatic heterocycles. The number of nitrogens with zero attached hydrogens (tertiary/aromatic N) is 2. The van der Waals surface area contributed by atoms with Gasteiger partial charge < -0.3 is 4.74 Å². The van der Waals surface area contributed by atoms with Crippen molar-refractivity contribution in [3.05, 3.63) is 39.8 Å². The van der Waals surface area contributed by atoms with Gasteiger partial charge in [0.2, 0.25) is 0 Å². The summed E-state index contributed by atoms with van der Waals surface area (Å²) in [5, 5.41) is 0.109. The molecule has 0 unspecified atom stereocenters. The monoisotopic (exact) mass is 424 g/mol. The molecule has 1 aliphatic rings. The molecule has 2 heterocycles. The van der Waals surface area contributed by atoms with E-state index in [1.165, 1.54) is 6.07 Å². The molecule has 0 radical (unpaired) electrons. The van der Waals surface area contributed by atoms with Crippen molar-refractivity contribution < 1.29 is 32.3 Å². The van der Waals surface area contributed by atoms with Crippen molar-refractivity contribution in [2.24, 2.45) is 5.92 Å². The Hall–Kier alpha value is -2.88. The summed E-state index contributed by atoms with van der Waals surface area (Å²) in [4.78, 5) is 52.8. The van der Waals surface area contributed by atoms with Gasteiger partial charge in [-0.2, -0.15) is 13.2 Å². The molecule has 0 amide bonds. The zero-order valence-corrected chi connectivity index (χ0v) is 16.1. The lowest BCUT2D eigenvalue weighted by molar-refractivity contribution is -0.142. The highest BCUT2D eigenvalue weighted by atomic mass is 19.4. The van der Waals surface area contributed by atoms with Crippen molar-refractivity contribution >= 4 is 28.4 Å². The molecule has 30 heavy (non-hydrogen) atoms. The highest BCUT2D eigenvalue weighted by Gasteiger charge is 2.43. The topological polar surface area (TPSA) is 95.3 Å². The Bertz CT molecular complexity index is 1060. The Kier molecular flexibility index (Phi) is 6.16. The highest BCUT2D eigenvalue weighted by molar-refractivity contribution is 6.25. The molecular weight excluding hydrogens is 405 g/mol. The molecule has 10 heteroatoms. The molecular formula is C20H19F3N2O5. The van der Waals surface area contributed by atoms with E-state index >= 15 is 0 Å². The number of carbonyl (C=O) groups is 3. The van der Waals surface area contributed by atoms with Gasteiger partial charge in [-0.05, 0) is 25.5 Å². The molecule has 0 saturated heterocycles. The van der Waals surface area contributed by atoms with E-state index < -0.39 is 46.3 Å². The predicted molar refractivity (Wildman–Crippen MR) is 99.2 cm³/mol. The summed E-state index contributed by atoms with van der Waals surface area (Å²) in [6.07, 6.45) is -4.84. The maximum atomic E-state index is 13.7. The first-order valence-electron chi connectivity index (χ1n) is 9.44. The van der Waals surface area contributed by atoms with E-state index in [1.807, 2.05) is 0 Å². The van der Waals surface area contributed by atoms with Crippen molar-refractivity contribution in [2.45, 2.75) is 38.9 Å². The number of Topliss-reactive ketones (excluding diaryl/α,β-unsaturated/α-hetero) is 3. The third-order valence-electron chi connectivity index (χ3n) is 4.91. The lowest BCUT2D eigenvalue weighted by Gasteiger charge is -2.20. The maximum absolute atomic E-state index is 13.7. The van der Waals surface area contributed by atoms with Crippen LogP contribution in [0.4, 0.5) is 13.2 Å². The van der Waals surface area contributed by atoms with E-state index in [1.54, 1.807) is 6.92 Å². The van der Waals surface area contributed by atoms with Crippen LogP contribution in [-0.4, -0.2) is 40.1 Å². The third kappa shape index (κ3) is 4.18. The molecule has 3 rings (SSSR count). The van der Waals surface area contributed by atoms with Crippen molar-refractivity contribution in [1.29, 1.82) is 0 Å². The fraction of sp³-hybridized carbons (Fsp3) is 0.450. The number of fused-ring (bicyclic) bond motifs is 1. The highest BCUT2D eigenvalue weighted by Crippen LogP contribution is 2.34. The molecule has 2 aromatic heterocycles. The maximum Gasteiger partial charge on any atom is 0.434 e. The molecule has 0 aromatic carbocycles. The number of carbonyl (C=O) groups excluding carboxylic acids is 3. The van der Waals surface area contributed by atoms with Gasteiger partial charge in [0, 0.05) is 30.9 Å². The first kappa shape index (κ1) is 21.8. The van der Waals surface area contributed by atoms with Gasteiger partial charge in [0.1, 0.15) is 11.6 Å². The Labute approximate surface area is 168 Å². The second-order valence-electron chi connectivity index (χ2n) is 6.90. The van der Waals surface area contributed by atoms with Crippen LogP contribution in [0.5, 0.6) is 0 Å². The van der Waals surface area contributed by atoms with Crippen LogP contribution in [0, 0.1) is 5.92 Å². The minimum Gasteiger partial charge on any atom is -0.380 e. The van der Waals surface area contributed by atoms with Crippen LogP contribution in [0.15, 0.2) is 23.0 Å². The second-order valence-corrected chi connectivity index (χ2v) is 6.90. The number of pyridine rings is 2. The van der Waals surface area contributed by atoms with Crippen LogP contribution >= 0.6 is 0 Å². The van der Waals surface area contributed by atoms with Gasteiger partial charge in [0.25, 0.3) is 5.56 Å². The summed E-state index contributed by atoms with van der Waals surface area (Å²) in [5.41, 5.74) is -3.20. The Morgan fingerprint density at radius 3 is 2.47 bits per heavy atom. The van der Waals surface area contributed by atoms with Crippen molar-refractivity contribution in [2.75, 3.05) is 13.2 Å². The van der Waals surface area contributed by atoms with Gasteiger partial charge in [-0.3, -0.25) is 23.7 Å². The van der Waals surface area contributed by atoms with Gasteiger partial charge in [-0.15, -0.1) is 0 Å². The van der Waals surface area contributed by atoms with Gasteiger partial charge in [-0.1, -0.05) is 0 Å². The molecule has 160 valence electrons. The molecule has 7 nitrogen and oxygen atoms in total. The molecule has 1 saturated carbocycles. The van der Waals surface area contributed by atoms with E-state index in [-0.39, 0.29) is 43.4 Å². The standard InChI is InChI=1S/C20H19F3N2O5/c1-2-30-9-8-25-15(28)7-6-11-10-12(18(20(21,22)23)24-19(11)25)17(29)16-13(26)4-3-5-14(16)27/h6-7,10,16H,2-5,8-9H2,1H3. The van der Waals surface area contributed by atoms with Crippen LogP contribution in [-0.2, 0) is 27.0 Å². The third-order valence-corrected chi connectivity index (χ3v) is 4.91. The fourth-order valence-corrected chi connectivity index (χ4v) is 3.49. The van der Waals surface area contributed by atoms with Gasteiger partial charge >= 0.3 is 6.18 Å². The summed E-state index contributed by atoms with van der Waals surface area (Å²) >= 11 is 0. The number of alkyl halides is 3. The first-order chi connectivity index (χ1) is 14.1. The first-order valence-corrected chi connectivity index (χ1v) is 9.44. The number of hydrogen-bond donors (Lipinski definition) is 0. The van der Waals surface area contributed by atoms with E-state index in [9.17, 15) is 32.3 Å². The predicted octanol–water partition coefficient (Wildman–Crippen LogP) is 2.57. The smallest absolute Gasteiger partial charge is 0.380 e. The lowest BCUT2D eigenvalue weighted by atomic mass is 9.81. The van der Waals surface area contributed by atoms with E-state index in [0.29, 0.717) is 6.61 Å². The normalized spacial score (nSPS) is 15.7. The SMILES string of the molecule is CCOCCn1c(=O)ccc2cc(C(=O)C3C(=O)CCCC3=O)c(C(F)(F)F)nc21. The van der Waals surface area contributed by atoms with Crippen LogP contribution < -0.4 is 5.56 Å². The molecule has 1 aliphatic carbocycles. The molecule has 0 atom stereocenters. The second kappa shape index (κ2) is 8.47. The Balaban J connectivity index is 2.18. The van der Waals surface area contributed by atoms with Gasteiger partial charge in [0.15, 0.2) is 23.0 Å². The van der Waals surface area contributed by atoms with Crippen molar-refractivity contribution in [3.8, 4) is 0 Å². The van der Waals surface area contributed by atoms with E-state index in [0.717, 1.165) is 16.7 Å². The summed E-state index contributed by atoms with van der Waals surface area (Å²) in [5.74, 6) is -4.33. The quantitative estimate of drug-likeness (QED) is 0.402. The van der Waals surface area contributed by atoms with E-state index in [2.05, 4.69) is 4.98 Å². The molecule has 2 aromatic rings.